The van der Waals surface area contributed by atoms with Gasteiger partial charge in [-0.05, 0) is 46.6 Å². The molecule has 3 fully saturated rings. The lowest BCUT2D eigenvalue weighted by molar-refractivity contribution is -0.139. The number of aromatic nitrogens is 4. The summed E-state index contributed by atoms with van der Waals surface area (Å²) in [4.78, 5) is 38.5. The number of ether oxygens (including phenoxy) is 1. The molecule has 200 valence electrons. The molecule has 2 aromatic heterocycles. The molecule has 4 aliphatic heterocycles. The van der Waals surface area contributed by atoms with E-state index in [1.807, 2.05) is 11.8 Å². The first-order valence-corrected chi connectivity index (χ1v) is 12.9. The van der Waals surface area contributed by atoms with E-state index in [1.165, 1.54) is 0 Å². The molecule has 1 amide bonds. The van der Waals surface area contributed by atoms with E-state index < -0.39 is 5.54 Å². The van der Waals surface area contributed by atoms with Gasteiger partial charge in [0, 0.05) is 49.7 Å². The Morgan fingerprint density at radius 3 is 2.59 bits per heavy atom. The number of morpholine rings is 1. The van der Waals surface area contributed by atoms with E-state index in [0.29, 0.717) is 25.7 Å². The van der Waals surface area contributed by atoms with Crippen LogP contribution in [0.2, 0.25) is 0 Å². The fourth-order valence-electron chi connectivity index (χ4n) is 5.99. The smallest absolute Gasteiger partial charge is 0.242 e. The number of hydrogen-bond acceptors (Lipinski definition) is 10. The number of halogens is 1. The van der Waals surface area contributed by atoms with E-state index in [9.17, 15) is 4.79 Å². The minimum absolute atomic E-state index is 0. The number of carbonyl (C=O) groups is 1. The van der Waals surface area contributed by atoms with Gasteiger partial charge in [-0.1, -0.05) is 0 Å². The number of nitrogen functional groups attached to an aromatic ring is 1. The molecule has 6 heterocycles. The molecule has 3 saturated heterocycles. The zero-order valence-electron chi connectivity index (χ0n) is 21.7. The summed E-state index contributed by atoms with van der Waals surface area (Å²) in [7, 11) is 0. The van der Waals surface area contributed by atoms with E-state index in [-0.39, 0.29) is 35.8 Å². The van der Waals surface area contributed by atoms with Gasteiger partial charge in [-0.25, -0.2) is 15.0 Å². The number of likely N-dealkylation sites (tertiary alicyclic amines) is 1. The van der Waals surface area contributed by atoms with Crippen molar-refractivity contribution < 1.29 is 9.53 Å². The van der Waals surface area contributed by atoms with Crippen LogP contribution in [0.1, 0.15) is 39.2 Å². The Labute approximate surface area is 223 Å². The molecule has 0 unspecified atom stereocenters. The molecule has 12 heteroatoms. The highest BCUT2D eigenvalue weighted by atomic mass is 35.5. The van der Waals surface area contributed by atoms with Crippen LogP contribution in [0.25, 0.3) is 11.3 Å². The van der Waals surface area contributed by atoms with Crippen LogP contribution in [-0.4, -0.2) is 93.8 Å². The van der Waals surface area contributed by atoms with Gasteiger partial charge in [0.15, 0.2) is 0 Å². The molecule has 6 rings (SSSR count). The second kappa shape index (κ2) is 9.52. The van der Waals surface area contributed by atoms with E-state index in [1.54, 1.807) is 12.4 Å². The fraction of sp³-hybridized carbons (Fsp3) is 0.640. The van der Waals surface area contributed by atoms with Crippen molar-refractivity contribution >= 4 is 36.0 Å². The third-order valence-corrected chi connectivity index (χ3v) is 8.39. The Morgan fingerprint density at radius 2 is 1.92 bits per heavy atom. The topological polar surface area (TPSA) is 126 Å². The SMILES string of the molecule is C[C@H]1COCCN1c1nc(-c2cnc(N)nc2)c2c(n1)N([C@@]1(C)CCN(C(=O)[C@]3(C)CCN3)C1)CC2.Cl. The van der Waals surface area contributed by atoms with Crippen LogP contribution in [0.15, 0.2) is 12.4 Å². The van der Waals surface area contributed by atoms with Crippen molar-refractivity contribution in [1.29, 1.82) is 0 Å². The number of hydrogen-bond donors (Lipinski definition) is 2. The lowest BCUT2D eigenvalue weighted by atomic mass is 9.88. The van der Waals surface area contributed by atoms with Crippen molar-refractivity contribution in [1.82, 2.24) is 30.2 Å². The zero-order chi connectivity index (χ0) is 25.1. The second-order valence-electron chi connectivity index (χ2n) is 11.0. The monoisotopic (exact) mass is 529 g/mol. The summed E-state index contributed by atoms with van der Waals surface area (Å²) < 4.78 is 5.66. The summed E-state index contributed by atoms with van der Waals surface area (Å²) in [5.74, 6) is 2.10. The average molecular weight is 530 g/mol. The van der Waals surface area contributed by atoms with Gasteiger partial charge in [-0.15, -0.1) is 12.4 Å². The van der Waals surface area contributed by atoms with E-state index in [0.717, 1.165) is 68.1 Å². The van der Waals surface area contributed by atoms with Crippen LogP contribution < -0.4 is 20.9 Å². The van der Waals surface area contributed by atoms with Gasteiger partial charge in [0.25, 0.3) is 0 Å². The summed E-state index contributed by atoms with van der Waals surface area (Å²) >= 11 is 0. The van der Waals surface area contributed by atoms with Gasteiger partial charge in [-0.3, -0.25) is 4.79 Å². The Kier molecular flexibility index (Phi) is 6.66. The van der Waals surface area contributed by atoms with E-state index in [2.05, 4.69) is 38.9 Å². The Hall–Kier alpha value is -2.76. The molecule has 3 atom stereocenters. The molecule has 2 aromatic rings. The van der Waals surface area contributed by atoms with Crippen molar-refractivity contribution in [2.45, 2.75) is 57.2 Å². The highest BCUT2D eigenvalue weighted by Gasteiger charge is 2.49. The molecule has 0 aromatic carbocycles. The van der Waals surface area contributed by atoms with Crippen molar-refractivity contribution in [3.63, 3.8) is 0 Å². The summed E-state index contributed by atoms with van der Waals surface area (Å²) in [6.07, 6.45) is 6.11. The molecule has 3 N–H and O–H groups in total. The van der Waals surface area contributed by atoms with Crippen LogP contribution in [0, 0.1) is 0 Å². The number of nitrogens with two attached hydrogens (primary N) is 1. The molecule has 37 heavy (non-hydrogen) atoms. The maximum atomic E-state index is 13.2. The maximum Gasteiger partial charge on any atom is 0.242 e. The van der Waals surface area contributed by atoms with Crippen LogP contribution in [0.3, 0.4) is 0 Å². The number of nitrogens with zero attached hydrogens (tertiary/aromatic N) is 7. The van der Waals surface area contributed by atoms with Crippen molar-refractivity contribution in [2.24, 2.45) is 0 Å². The van der Waals surface area contributed by atoms with Crippen LogP contribution >= 0.6 is 12.4 Å². The molecule has 0 aliphatic carbocycles. The normalized spacial score (nSPS) is 29.1. The van der Waals surface area contributed by atoms with Gasteiger partial charge in [-0.2, -0.15) is 4.98 Å². The number of amides is 1. The largest absolute Gasteiger partial charge is 0.377 e. The van der Waals surface area contributed by atoms with Crippen LogP contribution in [-0.2, 0) is 16.0 Å². The van der Waals surface area contributed by atoms with Crippen molar-refractivity contribution in [2.75, 3.05) is 61.5 Å². The Morgan fingerprint density at radius 1 is 1.16 bits per heavy atom. The Bertz CT molecular complexity index is 1180. The van der Waals surface area contributed by atoms with Gasteiger partial charge in [0.1, 0.15) is 5.82 Å². The van der Waals surface area contributed by atoms with Gasteiger partial charge in [0.05, 0.1) is 36.0 Å². The number of fused-ring (bicyclic) bond motifs is 1. The minimum atomic E-state index is -0.418. The molecule has 0 radical (unpaired) electrons. The molecule has 4 aliphatic rings. The molecule has 0 saturated carbocycles. The molecular weight excluding hydrogens is 494 g/mol. The molecule has 11 nitrogen and oxygen atoms in total. The van der Waals surface area contributed by atoms with Crippen molar-refractivity contribution in [3.8, 4) is 11.3 Å². The van der Waals surface area contributed by atoms with E-state index in [4.69, 9.17) is 20.4 Å². The third-order valence-electron chi connectivity index (χ3n) is 8.39. The highest BCUT2D eigenvalue weighted by Crippen LogP contribution is 2.42. The molecule has 0 spiro atoms. The first-order valence-electron chi connectivity index (χ1n) is 12.9. The van der Waals surface area contributed by atoms with Crippen molar-refractivity contribution in [3.05, 3.63) is 18.0 Å². The fourth-order valence-corrected chi connectivity index (χ4v) is 5.99. The summed E-state index contributed by atoms with van der Waals surface area (Å²) in [6, 6.07) is 0.174. The number of nitrogens with one attached hydrogen (secondary N) is 1. The van der Waals surface area contributed by atoms with Crippen LogP contribution in [0.5, 0.6) is 0 Å². The van der Waals surface area contributed by atoms with Crippen LogP contribution in [0.4, 0.5) is 17.7 Å². The van der Waals surface area contributed by atoms with E-state index >= 15 is 0 Å². The van der Waals surface area contributed by atoms with Gasteiger partial charge >= 0.3 is 0 Å². The predicted octanol–water partition coefficient (Wildman–Crippen LogP) is 1.27. The highest BCUT2D eigenvalue weighted by molar-refractivity contribution is 5.87. The quantitative estimate of drug-likeness (QED) is 0.598. The lowest BCUT2D eigenvalue weighted by Crippen LogP contribution is -2.64. The minimum Gasteiger partial charge on any atom is -0.377 e. The predicted molar refractivity (Wildman–Crippen MR) is 144 cm³/mol. The zero-order valence-corrected chi connectivity index (χ0v) is 22.6. The number of carbonyl (C=O) groups excluding carboxylic acids is 1. The first-order chi connectivity index (χ1) is 17.3. The third kappa shape index (κ3) is 4.36. The first kappa shape index (κ1) is 25.9. The average Bonchev–Trinajstić information content (AvgIpc) is 3.47. The van der Waals surface area contributed by atoms with Gasteiger partial charge < -0.3 is 30.5 Å². The Balaban J connectivity index is 0.00000280. The molecular formula is C25H36ClN9O2. The summed E-state index contributed by atoms with van der Waals surface area (Å²) in [6.45, 7) is 11.6. The number of rotatable bonds is 4. The summed E-state index contributed by atoms with van der Waals surface area (Å²) in [5.41, 5.74) is 7.95. The summed E-state index contributed by atoms with van der Waals surface area (Å²) in [5, 5.41) is 3.33. The van der Waals surface area contributed by atoms with Gasteiger partial charge in [0.2, 0.25) is 17.8 Å². The second-order valence-corrected chi connectivity index (χ2v) is 11.0. The lowest BCUT2D eigenvalue weighted by Gasteiger charge is -2.42. The number of anilines is 3. The standard InChI is InChI=1S/C25H35N9O2.ClH/c1-16-14-36-11-10-33(16)23-30-19(17-12-27-22(26)28-13-17)18-4-8-34(20(18)31-23)24(2)6-9-32(15-24)21(35)25(3)5-7-29-25;/h12-13,16,29H,4-11,14-15H2,1-3H3,(H2,26,27,28);1H/t16-,24-,25-;/m0./s1. The molecule has 0 bridgehead atoms. The maximum absolute atomic E-state index is 13.2.